The van der Waals surface area contributed by atoms with Crippen molar-refractivity contribution in [3.63, 3.8) is 0 Å². The van der Waals surface area contributed by atoms with Gasteiger partial charge in [0.1, 0.15) is 27.0 Å². The number of aldehydes is 1. The lowest BCUT2D eigenvalue weighted by atomic mass is 10.00. The summed E-state index contributed by atoms with van der Waals surface area (Å²) in [6.45, 7) is -0.475. The van der Waals surface area contributed by atoms with E-state index in [2.05, 4.69) is 5.32 Å². The van der Waals surface area contributed by atoms with E-state index in [9.17, 15) is 51.4 Å². The average Bonchev–Trinajstić information content (AvgIpc) is 3.44. The molecule has 0 spiro atoms. The number of carbonyl (C=O) groups is 3. The minimum absolute atomic E-state index is 0.0470. The summed E-state index contributed by atoms with van der Waals surface area (Å²) in [7, 11) is -10.1. The standard InChI is InChI=1S/C26H17Cl3F9N3O3S/c27-16-5-4-13(9-15(16)23(43)40-18-7-6-17(30)20(19(18)31)41-24(44)22(32)33)39-10-25(11-42)21(26(25,28)29)12-2-1-3-14(8-12)45(34,35,36,37)38/h1-9,11,21-22,39H,10H2,(H,40,43)(H,41,44). The number of hydrogen-bond donors (Lipinski definition) is 3. The van der Waals surface area contributed by atoms with E-state index in [1.807, 2.05) is 5.32 Å². The largest absolute Gasteiger partial charge is 0.384 e. The van der Waals surface area contributed by atoms with Crippen LogP contribution in [0.5, 0.6) is 0 Å². The molecule has 45 heavy (non-hydrogen) atoms. The molecule has 3 aromatic rings. The van der Waals surface area contributed by atoms with Crippen LogP contribution in [0.1, 0.15) is 21.8 Å². The summed E-state index contributed by atoms with van der Waals surface area (Å²) in [5.74, 6) is -7.48. The summed E-state index contributed by atoms with van der Waals surface area (Å²) >= 11 is 18.6. The zero-order chi connectivity index (χ0) is 33.8. The van der Waals surface area contributed by atoms with E-state index in [0.717, 1.165) is 24.3 Å². The van der Waals surface area contributed by atoms with Crippen molar-refractivity contribution in [2.75, 3.05) is 22.5 Å². The molecule has 0 saturated heterocycles. The van der Waals surface area contributed by atoms with Gasteiger partial charge in [-0.2, -0.15) is 8.78 Å². The summed E-state index contributed by atoms with van der Waals surface area (Å²) in [5.41, 5.74) is -4.50. The minimum Gasteiger partial charge on any atom is -0.384 e. The fourth-order valence-corrected chi connectivity index (χ4v) is 6.38. The lowest BCUT2D eigenvalue weighted by molar-refractivity contribution is -0.126. The Bertz CT molecular complexity index is 1730. The third-order valence-corrected chi connectivity index (χ3v) is 9.46. The maximum atomic E-state index is 14.8. The second kappa shape index (κ2) is 10.9. The second-order valence-electron chi connectivity index (χ2n) is 9.83. The van der Waals surface area contributed by atoms with Gasteiger partial charge in [0.05, 0.1) is 21.7 Å². The Balaban J connectivity index is 1.56. The van der Waals surface area contributed by atoms with Gasteiger partial charge in [0.15, 0.2) is 5.82 Å². The summed E-state index contributed by atoms with van der Waals surface area (Å²) in [4.78, 5) is 34.1. The molecular formula is C26H17Cl3F9N3O3S. The number of rotatable bonds is 10. The molecule has 1 fully saturated rings. The fourth-order valence-electron chi connectivity index (χ4n) is 4.51. The molecule has 244 valence electrons. The van der Waals surface area contributed by atoms with E-state index in [1.165, 1.54) is 17.4 Å². The molecule has 3 N–H and O–H groups in total. The summed E-state index contributed by atoms with van der Waals surface area (Å²) < 4.78 is 119. The predicted molar refractivity (Wildman–Crippen MR) is 152 cm³/mol. The van der Waals surface area contributed by atoms with Crippen molar-refractivity contribution in [2.24, 2.45) is 5.41 Å². The smallest absolute Gasteiger partial charge is 0.315 e. The van der Waals surface area contributed by atoms with Gasteiger partial charge in [-0.05, 0) is 48.0 Å². The Morgan fingerprint density at radius 1 is 0.956 bits per heavy atom. The van der Waals surface area contributed by atoms with Gasteiger partial charge < -0.3 is 20.7 Å². The number of amides is 2. The van der Waals surface area contributed by atoms with Crippen molar-refractivity contribution in [2.45, 2.75) is 21.6 Å². The molecule has 2 atom stereocenters. The van der Waals surface area contributed by atoms with Crippen molar-refractivity contribution >= 4 is 80.2 Å². The highest BCUT2D eigenvalue weighted by Gasteiger charge is 2.77. The van der Waals surface area contributed by atoms with Crippen LogP contribution in [0.2, 0.25) is 5.02 Å². The number of anilines is 3. The molecule has 0 aromatic heterocycles. The van der Waals surface area contributed by atoms with E-state index in [-0.39, 0.29) is 40.3 Å². The Morgan fingerprint density at radius 2 is 1.62 bits per heavy atom. The van der Waals surface area contributed by atoms with Gasteiger partial charge in [0.25, 0.3) is 11.8 Å². The van der Waals surface area contributed by atoms with Crippen LogP contribution < -0.4 is 16.0 Å². The lowest BCUT2D eigenvalue weighted by Gasteiger charge is -2.40. The fraction of sp³-hybridized carbons (Fsp3) is 0.192. The van der Waals surface area contributed by atoms with Crippen molar-refractivity contribution in [3.8, 4) is 0 Å². The average molecular weight is 729 g/mol. The first-order valence-electron chi connectivity index (χ1n) is 12.1. The van der Waals surface area contributed by atoms with Crippen LogP contribution in [-0.2, 0) is 9.59 Å². The quantitative estimate of drug-likeness (QED) is 0.110. The van der Waals surface area contributed by atoms with Gasteiger partial charge in [0.2, 0.25) is 0 Å². The minimum atomic E-state index is -10.1. The second-order valence-corrected chi connectivity index (χ2v) is 14.0. The summed E-state index contributed by atoms with van der Waals surface area (Å²) in [6.07, 6.45) is -3.35. The molecule has 0 bridgehead atoms. The number of halogens is 12. The molecule has 1 aliphatic rings. The number of hydrogen-bond acceptors (Lipinski definition) is 4. The number of benzene rings is 3. The molecular weight excluding hydrogens is 712 g/mol. The Labute approximate surface area is 262 Å². The molecule has 6 nitrogen and oxygen atoms in total. The normalized spacial score (nSPS) is 20.5. The summed E-state index contributed by atoms with van der Waals surface area (Å²) in [6, 6.07) is 7.00. The maximum absolute atomic E-state index is 14.8. The molecule has 2 unspecified atom stereocenters. The first-order valence-corrected chi connectivity index (χ1v) is 15.2. The van der Waals surface area contributed by atoms with Crippen LogP contribution in [0.25, 0.3) is 0 Å². The maximum Gasteiger partial charge on any atom is 0.315 e. The van der Waals surface area contributed by atoms with E-state index < -0.39 is 78.6 Å². The van der Waals surface area contributed by atoms with Crippen LogP contribution >= 0.6 is 45.0 Å². The Hall–Kier alpha value is -3.34. The van der Waals surface area contributed by atoms with Crippen LogP contribution in [0.3, 0.4) is 0 Å². The van der Waals surface area contributed by atoms with E-state index in [1.54, 1.807) is 0 Å². The monoisotopic (exact) mass is 727 g/mol. The highest BCUT2D eigenvalue weighted by molar-refractivity contribution is 8.45. The summed E-state index contributed by atoms with van der Waals surface area (Å²) in [5, 5.41) is 5.91. The third kappa shape index (κ3) is 6.78. The molecule has 0 radical (unpaired) electrons. The third-order valence-electron chi connectivity index (χ3n) is 6.84. The predicted octanol–water partition coefficient (Wildman–Crippen LogP) is 9.30. The highest BCUT2D eigenvalue weighted by atomic mass is 35.5. The molecule has 4 rings (SSSR count). The van der Waals surface area contributed by atoms with Crippen LogP contribution in [-0.4, -0.2) is 35.4 Å². The Kier molecular flexibility index (Phi) is 8.35. The van der Waals surface area contributed by atoms with E-state index in [4.69, 9.17) is 34.8 Å². The van der Waals surface area contributed by atoms with Crippen molar-refractivity contribution < 1.29 is 51.4 Å². The number of alkyl halides is 4. The highest BCUT2D eigenvalue weighted by Crippen LogP contribution is 3.02. The van der Waals surface area contributed by atoms with E-state index >= 15 is 0 Å². The molecule has 1 saturated carbocycles. The first-order chi connectivity index (χ1) is 20.5. The molecule has 0 heterocycles. The van der Waals surface area contributed by atoms with Gasteiger partial charge in [0, 0.05) is 18.2 Å². The number of carbonyl (C=O) groups excluding carboxylic acids is 3. The topological polar surface area (TPSA) is 87.3 Å². The lowest BCUT2D eigenvalue weighted by Crippen LogP contribution is -2.23. The number of nitrogens with one attached hydrogen (secondary N) is 3. The molecule has 19 heteroatoms. The molecule has 3 aromatic carbocycles. The van der Waals surface area contributed by atoms with Gasteiger partial charge in [-0.15, -0.1) is 0 Å². The van der Waals surface area contributed by atoms with Crippen molar-refractivity contribution in [1.29, 1.82) is 0 Å². The van der Waals surface area contributed by atoms with Gasteiger partial charge >= 0.3 is 16.6 Å². The van der Waals surface area contributed by atoms with Gasteiger partial charge in [-0.25, -0.2) is 8.78 Å². The zero-order valence-electron chi connectivity index (χ0n) is 21.8. The molecule has 0 aliphatic heterocycles. The van der Waals surface area contributed by atoms with E-state index in [0.29, 0.717) is 6.07 Å². The first kappa shape index (κ1) is 34.5. The van der Waals surface area contributed by atoms with Gasteiger partial charge in [-0.1, -0.05) is 66.4 Å². The zero-order valence-corrected chi connectivity index (χ0v) is 24.9. The van der Waals surface area contributed by atoms with Crippen molar-refractivity contribution in [3.05, 3.63) is 82.4 Å². The molecule has 1 aliphatic carbocycles. The van der Waals surface area contributed by atoms with Crippen LogP contribution in [0.4, 0.5) is 54.1 Å². The Morgan fingerprint density at radius 3 is 2.22 bits per heavy atom. The van der Waals surface area contributed by atoms with Crippen LogP contribution in [0, 0.1) is 17.0 Å². The van der Waals surface area contributed by atoms with Crippen LogP contribution in [0.15, 0.2) is 59.5 Å². The van der Waals surface area contributed by atoms with Crippen molar-refractivity contribution in [1.82, 2.24) is 0 Å². The SMILES string of the molecule is O=CC1(CNc2ccc(Cl)c(C(=O)Nc3ccc(F)c(NC(=O)C(F)F)c3F)c2)C(c2cccc(S(F)(F)(F)(F)F)c2)C1(Cl)Cl. The van der Waals surface area contributed by atoms with Gasteiger partial charge in [-0.3, -0.25) is 9.59 Å². The molecule has 2 amide bonds.